The van der Waals surface area contributed by atoms with Gasteiger partial charge in [-0.3, -0.25) is 0 Å². The van der Waals surface area contributed by atoms with Crippen molar-refractivity contribution in [3.63, 3.8) is 0 Å². The second kappa shape index (κ2) is 3.39. The van der Waals surface area contributed by atoms with Crippen LogP contribution in [0.4, 0.5) is 5.82 Å². The maximum atomic E-state index is 4.29. The highest BCUT2D eigenvalue weighted by Crippen LogP contribution is 2.17. The first-order chi connectivity index (χ1) is 5.86. The minimum atomic E-state index is 0.673. The fourth-order valence-electron chi connectivity index (χ4n) is 1.45. The summed E-state index contributed by atoms with van der Waals surface area (Å²) in [5.74, 6) is 1.04. The van der Waals surface area contributed by atoms with Crippen LogP contribution in [0, 0.1) is 0 Å². The molecule has 0 atom stereocenters. The molecule has 0 N–H and O–H groups in total. The molecule has 0 radical (unpaired) electrons. The van der Waals surface area contributed by atoms with E-state index in [9.17, 15) is 0 Å². The van der Waals surface area contributed by atoms with Gasteiger partial charge in [-0.2, -0.15) is 0 Å². The van der Waals surface area contributed by atoms with Gasteiger partial charge in [0.2, 0.25) is 0 Å². The normalized spacial score (nSPS) is 16.9. The molecule has 1 aromatic heterocycles. The molecular formula is C8H10BrN3. The summed E-state index contributed by atoms with van der Waals surface area (Å²) in [5, 5.41) is 0. The molecule has 0 bridgehead atoms. The van der Waals surface area contributed by atoms with E-state index in [1.165, 1.54) is 12.8 Å². The van der Waals surface area contributed by atoms with Crippen molar-refractivity contribution >= 4 is 21.7 Å². The first kappa shape index (κ1) is 7.98. The molecule has 12 heavy (non-hydrogen) atoms. The summed E-state index contributed by atoms with van der Waals surface area (Å²) in [4.78, 5) is 10.6. The molecular weight excluding hydrogens is 218 g/mol. The van der Waals surface area contributed by atoms with Gasteiger partial charge >= 0.3 is 0 Å². The number of hydrogen-bond donors (Lipinski definition) is 0. The number of aromatic nitrogens is 2. The highest BCUT2D eigenvalue weighted by atomic mass is 79.9. The van der Waals surface area contributed by atoms with Gasteiger partial charge in [0, 0.05) is 19.3 Å². The molecule has 1 fully saturated rings. The van der Waals surface area contributed by atoms with Crippen LogP contribution in [0.1, 0.15) is 12.8 Å². The number of nitrogens with zero attached hydrogens (tertiary/aromatic N) is 3. The lowest BCUT2D eigenvalue weighted by molar-refractivity contribution is 0.918. The van der Waals surface area contributed by atoms with Crippen molar-refractivity contribution < 1.29 is 0 Å². The maximum absolute atomic E-state index is 4.29. The lowest BCUT2D eigenvalue weighted by Crippen LogP contribution is -2.18. The Kier molecular flexibility index (Phi) is 2.26. The molecule has 0 aliphatic carbocycles. The highest BCUT2D eigenvalue weighted by molar-refractivity contribution is 9.10. The summed E-state index contributed by atoms with van der Waals surface area (Å²) in [6.45, 7) is 2.26. The quantitative estimate of drug-likeness (QED) is 0.686. The van der Waals surface area contributed by atoms with E-state index in [-0.39, 0.29) is 0 Å². The van der Waals surface area contributed by atoms with Crippen LogP contribution in [0.5, 0.6) is 0 Å². The molecule has 1 saturated heterocycles. The van der Waals surface area contributed by atoms with Gasteiger partial charge in [-0.1, -0.05) is 0 Å². The number of hydrogen-bond acceptors (Lipinski definition) is 3. The smallest absolute Gasteiger partial charge is 0.198 e. The van der Waals surface area contributed by atoms with E-state index in [1.807, 2.05) is 6.07 Å². The van der Waals surface area contributed by atoms with Gasteiger partial charge in [0.05, 0.1) is 0 Å². The number of anilines is 1. The monoisotopic (exact) mass is 227 g/mol. The van der Waals surface area contributed by atoms with Crippen LogP contribution in [-0.4, -0.2) is 23.1 Å². The van der Waals surface area contributed by atoms with E-state index in [2.05, 4.69) is 30.8 Å². The molecule has 2 heterocycles. The standard InChI is InChI=1S/C8H10BrN3/c9-8-10-4-3-7(11-8)12-5-1-2-6-12/h3-4H,1-2,5-6H2. The van der Waals surface area contributed by atoms with Crippen LogP contribution in [-0.2, 0) is 0 Å². The van der Waals surface area contributed by atoms with Gasteiger partial charge in [-0.25, -0.2) is 9.97 Å². The van der Waals surface area contributed by atoms with Crippen LogP contribution < -0.4 is 4.90 Å². The summed E-state index contributed by atoms with van der Waals surface area (Å²) in [6, 6.07) is 1.95. The van der Waals surface area contributed by atoms with Crippen molar-refractivity contribution in [2.24, 2.45) is 0 Å². The number of rotatable bonds is 1. The van der Waals surface area contributed by atoms with Crippen molar-refractivity contribution in [3.05, 3.63) is 17.0 Å². The van der Waals surface area contributed by atoms with Crippen LogP contribution >= 0.6 is 15.9 Å². The predicted octanol–water partition coefficient (Wildman–Crippen LogP) is 1.84. The third-order valence-corrected chi connectivity index (χ3v) is 2.42. The zero-order chi connectivity index (χ0) is 8.39. The fraction of sp³-hybridized carbons (Fsp3) is 0.500. The minimum Gasteiger partial charge on any atom is -0.356 e. The second-order valence-corrected chi connectivity index (χ2v) is 3.59. The van der Waals surface area contributed by atoms with Crippen molar-refractivity contribution in [2.75, 3.05) is 18.0 Å². The molecule has 0 saturated carbocycles. The summed E-state index contributed by atoms with van der Waals surface area (Å²) < 4.78 is 0.673. The Morgan fingerprint density at radius 3 is 2.75 bits per heavy atom. The Bertz CT molecular complexity index is 271. The predicted molar refractivity (Wildman–Crippen MR) is 51.2 cm³/mol. The average molecular weight is 228 g/mol. The van der Waals surface area contributed by atoms with Gasteiger partial charge in [0.25, 0.3) is 0 Å². The SMILES string of the molecule is Brc1nccc(N2CCCC2)n1. The van der Waals surface area contributed by atoms with Gasteiger partial charge in [-0.05, 0) is 34.8 Å². The highest BCUT2D eigenvalue weighted by Gasteiger charge is 2.13. The Hall–Kier alpha value is -0.640. The zero-order valence-electron chi connectivity index (χ0n) is 6.70. The van der Waals surface area contributed by atoms with E-state index in [0.29, 0.717) is 4.73 Å². The van der Waals surface area contributed by atoms with Gasteiger partial charge in [-0.15, -0.1) is 0 Å². The van der Waals surface area contributed by atoms with Gasteiger partial charge in [0.1, 0.15) is 5.82 Å². The molecule has 1 aromatic rings. The van der Waals surface area contributed by atoms with E-state index in [0.717, 1.165) is 18.9 Å². The minimum absolute atomic E-state index is 0.673. The van der Waals surface area contributed by atoms with Crippen molar-refractivity contribution in [1.82, 2.24) is 9.97 Å². The molecule has 1 aliphatic heterocycles. The lowest BCUT2D eigenvalue weighted by Gasteiger charge is -2.15. The third kappa shape index (κ3) is 1.58. The molecule has 3 nitrogen and oxygen atoms in total. The average Bonchev–Trinajstić information content (AvgIpc) is 2.56. The largest absolute Gasteiger partial charge is 0.356 e. The Labute approximate surface area is 80.0 Å². The van der Waals surface area contributed by atoms with Crippen LogP contribution in [0.15, 0.2) is 17.0 Å². The number of halogens is 1. The first-order valence-electron chi connectivity index (χ1n) is 4.10. The van der Waals surface area contributed by atoms with E-state index in [1.54, 1.807) is 6.20 Å². The topological polar surface area (TPSA) is 29.0 Å². The van der Waals surface area contributed by atoms with Crippen molar-refractivity contribution in [3.8, 4) is 0 Å². The zero-order valence-corrected chi connectivity index (χ0v) is 8.29. The van der Waals surface area contributed by atoms with E-state index in [4.69, 9.17) is 0 Å². The van der Waals surface area contributed by atoms with Crippen LogP contribution in [0.25, 0.3) is 0 Å². The molecule has 0 aromatic carbocycles. The molecule has 0 unspecified atom stereocenters. The molecule has 4 heteroatoms. The lowest BCUT2D eigenvalue weighted by atomic mass is 10.4. The molecule has 1 aliphatic rings. The molecule has 64 valence electrons. The summed E-state index contributed by atoms with van der Waals surface area (Å²) in [5.41, 5.74) is 0. The first-order valence-corrected chi connectivity index (χ1v) is 4.89. The molecule has 0 spiro atoms. The van der Waals surface area contributed by atoms with E-state index >= 15 is 0 Å². The maximum Gasteiger partial charge on any atom is 0.198 e. The van der Waals surface area contributed by atoms with Crippen molar-refractivity contribution in [1.29, 1.82) is 0 Å². The van der Waals surface area contributed by atoms with Crippen LogP contribution in [0.2, 0.25) is 0 Å². The Morgan fingerprint density at radius 2 is 2.08 bits per heavy atom. The van der Waals surface area contributed by atoms with Gasteiger partial charge in [0.15, 0.2) is 4.73 Å². The summed E-state index contributed by atoms with van der Waals surface area (Å²) in [6.07, 6.45) is 4.34. The van der Waals surface area contributed by atoms with E-state index < -0.39 is 0 Å². The molecule has 2 rings (SSSR count). The Morgan fingerprint density at radius 1 is 1.33 bits per heavy atom. The second-order valence-electron chi connectivity index (χ2n) is 2.88. The summed E-state index contributed by atoms with van der Waals surface area (Å²) in [7, 11) is 0. The Balaban J connectivity index is 2.21. The molecule has 0 amide bonds. The fourth-order valence-corrected chi connectivity index (χ4v) is 1.75. The van der Waals surface area contributed by atoms with Crippen molar-refractivity contribution in [2.45, 2.75) is 12.8 Å². The summed E-state index contributed by atoms with van der Waals surface area (Å²) >= 11 is 3.26. The van der Waals surface area contributed by atoms with Gasteiger partial charge < -0.3 is 4.90 Å². The third-order valence-electron chi connectivity index (χ3n) is 2.04. The van der Waals surface area contributed by atoms with Crippen LogP contribution in [0.3, 0.4) is 0 Å².